The van der Waals surface area contributed by atoms with E-state index in [1.165, 1.54) is 0 Å². The standard InChI is InChI=1S/C19H27ClN4O2/c1-22-11-13-23(14-12-22)9-2-8-21-18(25)17-7-10-24(19(17)26)16-5-3-15(20)4-6-16/h3-6,17H,2,7-14H2,1H3,(H,21,25)/t17-/m0/s1. The first-order valence-electron chi connectivity index (χ1n) is 9.30. The van der Waals surface area contributed by atoms with E-state index in [1.807, 2.05) is 12.1 Å². The summed E-state index contributed by atoms with van der Waals surface area (Å²) in [5, 5.41) is 3.57. The molecule has 6 nitrogen and oxygen atoms in total. The first kappa shape index (κ1) is 19.1. The van der Waals surface area contributed by atoms with Gasteiger partial charge in [0.25, 0.3) is 0 Å². The third kappa shape index (κ3) is 4.75. The number of benzene rings is 1. The summed E-state index contributed by atoms with van der Waals surface area (Å²) in [7, 11) is 2.14. The molecule has 2 fully saturated rings. The number of hydrogen-bond acceptors (Lipinski definition) is 4. The number of likely N-dealkylation sites (N-methyl/N-ethyl adjacent to an activating group) is 1. The fraction of sp³-hybridized carbons (Fsp3) is 0.579. The Morgan fingerprint density at radius 2 is 1.85 bits per heavy atom. The zero-order valence-electron chi connectivity index (χ0n) is 15.3. The third-order valence-corrected chi connectivity index (χ3v) is 5.46. The fourth-order valence-electron chi connectivity index (χ4n) is 3.51. The molecule has 0 spiro atoms. The first-order chi connectivity index (χ1) is 12.5. The lowest BCUT2D eigenvalue weighted by atomic mass is 10.1. The molecule has 26 heavy (non-hydrogen) atoms. The second-order valence-electron chi connectivity index (χ2n) is 7.10. The molecule has 1 N–H and O–H groups in total. The number of piperazine rings is 1. The Morgan fingerprint density at radius 3 is 2.54 bits per heavy atom. The molecule has 0 aliphatic carbocycles. The average Bonchev–Trinajstić information content (AvgIpc) is 3.02. The number of nitrogens with one attached hydrogen (secondary N) is 1. The highest BCUT2D eigenvalue weighted by molar-refractivity contribution is 6.30. The van der Waals surface area contributed by atoms with Crippen molar-refractivity contribution in [2.45, 2.75) is 12.8 Å². The summed E-state index contributed by atoms with van der Waals surface area (Å²) in [6.07, 6.45) is 1.48. The number of anilines is 1. The van der Waals surface area contributed by atoms with E-state index in [2.05, 4.69) is 22.2 Å². The summed E-state index contributed by atoms with van der Waals surface area (Å²) < 4.78 is 0. The normalized spacial score (nSPS) is 22.0. The molecule has 2 amide bonds. The van der Waals surface area contributed by atoms with Gasteiger partial charge in [0.05, 0.1) is 0 Å². The Labute approximate surface area is 160 Å². The van der Waals surface area contributed by atoms with Gasteiger partial charge in [-0.25, -0.2) is 0 Å². The van der Waals surface area contributed by atoms with E-state index in [0.29, 0.717) is 24.5 Å². The summed E-state index contributed by atoms with van der Waals surface area (Å²) >= 11 is 5.89. The molecule has 2 aliphatic rings. The summed E-state index contributed by atoms with van der Waals surface area (Å²) in [6.45, 7) is 6.55. The molecule has 1 aromatic carbocycles. The van der Waals surface area contributed by atoms with Gasteiger partial charge >= 0.3 is 0 Å². The first-order valence-corrected chi connectivity index (χ1v) is 9.68. The number of carbonyl (C=O) groups excluding carboxylic acids is 2. The molecule has 0 aromatic heterocycles. The molecule has 3 rings (SSSR count). The maximum atomic E-state index is 12.6. The number of halogens is 1. The van der Waals surface area contributed by atoms with Gasteiger partial charge in [-0.05, 0) is 50.7 Å². The molecule has 0 radical (unpaired) electrons. The Hall–Kier alpha value is -1.63. The molecule has 2 heterocycles. The summed E-state index contributed by atoms with van der Waals surface area (Å²) in [5.74, 6) is -0.844. The lowest BCUT2D eigenvalue weighted by Crippen LogP contribution is -2.45. The SMILES string of the molecule is CN1CCN(CCCNC(=O)[C@@H]2CCN(c3ccc(Cl)cc3)C2=O)CC1. The van der Waals surface area contributed by atoms with Crippen LogP contribution in [0.4, 0.5) is 5.69 Å². The Balaban J connectivity index is 1.41. The van der Waals surface area contributed by atoms with E-state index in [4.69, 9.17) is 11.6 Å². The summed E-state index contributed by atoms with van der Waals surface area (Å²) in [6, 6.07) is 7.15. The zero-order valence-corrected chi connectivity index (χ0v) is 16.0. The highest BCUT2D eigenvalue weighted by Gasteiger charge is 2.37. The van der Waals surface area contributed by atoms with Gasteiger partial charge in [0, 0.05) is 50.0 Å². The van der Waals surface area contributed by atoms with E-state index < -0.39 is 5.92 Å². The fourth-order valence-corrected chi connectivity index (χ4v) is 3.64. The van der Waals surface area contributed by atoms with Crippen LogP contribution in [0.1, 0.15) is 12.8 Å². The van der Waals surface area contributed by atoms with Gasteiger partial charge in [0.2, 0.25) is 11.8 Å². The molecule has 0 unspecified atom stereocenters. The Morgan fingerprint density at radius 1 is 1.15 bits per heavy atom. The van der Waals surface area contributed by atoms with E-state index in [1.54, 1.807) is 17.0 Å². The monoisotopic (exact) mass is 378 g/mol. The number of carbonyl (C=O) groups is 2. The van der Waals surface area contributed by atoms with Crippen LogP contribution in [0.15, 0.2) is 24.3 Å². The van der Waals surface area contributed by atoms with Crippen molar-refractivity contribution >= 4 is 29.1 Å². The molecular weight excluding hydrogens is 352 g/mol. The number of nitrogens with zero attached hydrogens (tertiary/aromatic N) is 3. The molecule has 2 saturated heterocycles. The molecule has 142 valence electrons. The van der Waals surface area contributed by atoms with Crippen molar-refractivity contribution in [3.63, 3.8) is 0 Å². The van der Waals surface area contributed by atoms with Crippen LogP contribution in [0, 0.1) is 5.92 Å². The molecule has 7 heteroatoms. The molecule has 0 bridgehead atoms. The van der Waals surface area contributed by atoms with Crippen LogP contribution in [0.2, 0.25) is 5.02 Å². The van der Waals surface area contributed by atoms with Gasteiger partial charge in [-0.15, -0.1) is 0 Å². The number of hydrogen-bond donors (Lipinski definition) is 1. The molecule has 1 atom stereocenters. The van der Waals surface area contributed by atoms with Gasteiger partial charge < -0.3 is 20.0 Å². The minimum Gasteiger partial charge on any atom is -0.355 e. The predicted octanol–water partition coefficient (Wildman–Crippen LogP) is 1.45. The lowest BCUT2D eigenvalue weighted by molar-refractivity contribution is -0.132. The van der Waals surface area contributed by atoms with Crippen molar-refractivity contribution in [2.24, 2.45) is 5.92 Å². The van der Waals surface area contributed by atoms with Gasteiger partial charge in [-0.2, -0.15) is 0 Å². The van der Waals surface area contributed by atoms with Crippen molar-refractivity contribution in [1.29, 1.82) is 0 Å². The molecule has 2 aliphatic heterocycles. The smallest absolute Gasteiger partial charge is 0.239 e. The Kier molecular flexibility index (Phi) is 6.51. The van der Waals surface area contributed by atoms with E-state index in [9.17, 15) is 9.59 Å². The van der Waals surface area contributed by atoms with Crippen molar-refractivity contribution in [2.75, 3.05) is 57.8 Å². The van der Waals surface area contributed by atoms with Crippen molar-refractivity contribution in [3.8, 4) is 0 Å². The summed E-state index contributed by atoms with van der Waals surface area (Å²) in [5.41, 5.74) is 0.796. The second-order valence-corrected chi connectivity index (χ2v) is 7.53. The largest absolute Gasteiger partial charge is 0.355 e. The maximum Gasteiger partial charge on any atom is 0.239 e. The molecular formula is C19H27ClN4O2. The minimum absolute atomic E-state index is 0.121. The average molecular weight is 379 g/mol. The quantitative estimate of drug-likeness (QED) is 0.601. The summed E-state index contributed by atoms with van der Waals surface area (Å²) in [4.78, 5) is 31.4. The van der Waals surface area contributed by atoms with Crippen LogP contribution in [0.25, 0.3) is 0 Å². The third-order valence-electron chi connectivity index (χ3n) is 5.21. The lowest BCUT2D eigenvalue weighted by Gasteiger charge is -2.32. The Bertz CT molecular complexity index is 629. The van der Waals surface area contributed by atoms with Crippen LogP contribution in [-0.4, -0.2) is 74.5 Å². The number of amides is 2. The van der Waals surface area contributed by atoms with Gasteiger partial charge in [-0.1, -0.05) is 11.6 Å². The zero-order chi connectivity index (χ0) is 18.5. The van der Waals surface area contributed by atoms with E-state index in [0.717, 1.165) is 44.8 Å². The van der Waals surface area contributed by atoms with Crippen LogP contribution in [0.3, 0.4) is 0 Å². The van der Waals surface area contributed by atoms with Crippen LogP contribution >= 0.6 is 11.6 Å². The van der Waals surface area contributed by atoms with Gasteiger partial charge in [-0.3, -0.25) is 9.59 Å². The topological polar surface area (TPSA) is 55.9 Å². The maximum absolute atomic E-state index is 12.6. The van der Waals surface area contributed by atoms with Crippen LogP contribution in [0.5, 0.6) is 0 Å². The molecule has 0 saturated carbocycles. The van der Waals surface area contributed by atoms with Crippen molar-refractivity contribution < 1.29 is 9.59 Å². The van der Waals surface area contributed by atoms with Crippen LogP contribution < -0.4 is 10.2 Å². The highest BCUT2D eigenvalue weighted by atomic mass is 35.5. The van der Waals surface area contributed by atoms with Gasteiger partial charge in [0.1, 0.15) is 5.92 Å². The number of rotatable bonds is 6. The van der Waals surface area contributed by atoms with Gasteiger partial charge in [0.15, 0.2) is 0 Å². The van der Waals surface area contributed by atoms with Crippen LogP contribution in [-0.2, 0) is 9.59 Å². The minimum atomic E-state index is -0.575. The second kappa shape index (κ2) is 8.84. The van der Waals surface area contributed by atoms with Crippen molar-refractivity contribution in [3.05, 3.63) is 29.3 Å². The molecule has 1 aromatic rings. The predicted molar refractivity (Wildman–Crippen MR) is 103 cm³/mol. The highest BCUT2D eigenvalue weighted by Crippen LogP contribution is 2.26. The van der Waals surface area contributed by atoms with E-state index >= 15 is 0 Å². The van der Waals surface area contributed by atoms with E-state index in [-0.39, 0.29) is 11.8 Å². The van der Waals surface area contributed by atoms with Crippen molar-refractivity contribution in [1.82, 2.24) is 15.1 Å².